The Morgan fingerprint density at radius 2 is 1.79 bits per heavy atom. The first-order chi connectivity index (χ1) is 11.5. The van der Waals surface area contributed by atoms with Crippen molar-refractivity contribution in [1.29, 1.82) is 0 Å². The number of piperazine rings is 1. The average Bonchev–Trinajstić information content (AvgIpc) is 3.05. The zero-order valence-corrected chi connectivity index (χ0v) is 13.6. The Morgan fingerprint density at radius 3 is 2.42 bits per heavy atom. The van der Waals surface area contributed by atoms with E-state index in [-0.39, 0.29) is 17.6 Å². The van der Waals surface area contributed by atoms with Crippen molar-refractivity contribution in [3.8, 4) is 0 Å². The van der Waals surface area contributed by atoms with Crippen LogP contribution in [0, 0.1) is 5.82 Å². The van der Waals surface area contributed by atoms with Crippen LogP contribution in [0.25, 0.3) is 0 Å². The summed E-state index contributed by atoms with van der Waals surface area (Å²) in [6, 6.07) is 6.22. The molecule has 1 aromatic rings. The largest absolute Gasteiger partial charge is 0.382 e. The van der Waals surface area contributed by atoms with E-state index in [0.29, 0.717) is 39.0 Å². The second-order valence-electron chi connectivity index (χ2n) is 6.09. The Bertz CT molecular complexity index is 652. The molecule has 2 heterocycles. The van der Waals surface area contributed by atoms with E-state index in [9.17, 15) is 14.0 Å². The summed E-state index contributed by atoms with van der Waals surface area (Å²) in [6.45, 7) is 3.68. The Kier molecular flexibility index (Phi) is 4.78. The predicted octanol–water partition coefficient (Wildman–Crippen LogP) is 1.20. The van der Waals surface area contributed by atoms with Crippen molar-refractivity contribution in [3.63, 3.8) is 0 Å². The van der Waals surface area contributed by atoms with Gasteiger partial charge in [0.25, 0.3) is 5.91 Å². The molecular formula is C17H20FN3O3. The fourth-order valence-corrected chi connectivity index (χ4v) is 2.95. The maximum atomic E-state index is 12.9. The van der Waals surface area contributed by atoms with Crippen LogP contribution in [0.1, 0.15) is 18.9 Å². The van der Waals surface area contributed by atoms with E-state index < -0.39 is 6.10 Å². The van der Waals surface area contributed by atoms with E-state index in [4.69, 9.17) is 4.84 Å². The van der Waals surface area contributed by atoms with Crippen LogP contribution in [-0.4, -0.2) is 59.6 Å². The monoisotopic (exact) mass is 333 g/mol. The highest BCUT2D eigenvalue weighted by Gasteiger charge is 2.33. The molecule has 0 aromatic heterocycles. The number of nitrogens with zero attached hydrogens (tertiary/aromatic N) is 3. The van der Waals surface area contributed by atoms with Crippen molar-refractivity contribution in [2.24, 2.45) is 5.16 Å². The normalized spacial score (nSPS) is 20.6. The lowest BCUT2D eigenvalue weighted by atomic mass is 10.0. The third-order valence-electron chi connectivity index (χ3n) is 4.36. The van der Waals surface area contributed by atoms with Crippen LogP contribution in [-0.2, 0) is 20.8 Å². The van der Waals surface area contributed by atoms with Gasteiger partial charge in [0.15, 0.2) is 0 Å². The summed E-state index contributed by atoms with van der Waals surface area (Å²) < 4.78 is 12.9. The molecule has 0 bridgehead atoms. The molecule has 2 amide bonds. The molecule has 0 spiro atoms. The predicted molar refractivity (Wildman–Crippen MR) is 85.9 cm³/mol. The van der Waals surface area contributed by atoms with Gasteiger partial charge in [0.1, 0.15) is 5.82 Å². The number of carbonyl (C=O) groups is 2. The number of hydrogen-bond acceptors (Lipinski definition) is 4. The van der Waals surface area contributed by atoms with Crippen LogP contribution in [0.3, 0.4) is 0 Å². The lowest BCUT2D eigenvalue weighted by molar-refractivity contribution is -0.146. The minimum Gasteiger partial charge on any atom is -0.382 e. The molecule has 24 heavy (non-hydrogen) atoms. The number of rotatable bonds is 3. The molecule has 2 aliphatic rings. The topological polar surface area (TPSA) is 62.2 Å². The molecular weight excluding hydrogens is 313 g/mol. The molecule has 6 nitrogen and oxygen atoms in total. The molecule has 3 rings (SSSR count). The van der Waals surface area contributed by atoms with E-state index in [0.717, 1.165) is 11.3 Å². The fraction of sp³-hybridized carbons (Fsp3) is 0.471. The van der Waals surface area contributed by atoms with E-state index in [1.165, 1.54) is 19.1 Å². The Morgan fingerprint density at radius 1 is 1.17 bits per heavy atom. The van der Waals surface area contributed by atoms with Gasteiger partial charge < -0.3 is 14.6 Å². The summed E-state index contributed by atoms with van der Waals surface area (Å²) in [5, 5.41) is 4.00. The lowest BCUT2D eigenvalue weighted by Gasteiger charge is -2.34. The Balaban J connectivity index is 1.50. The van der Waals surface area contributed by atoms with E-state index in [2.05, 4.69) is 5.16 Å². The number of oxime groups is 1. The first-order valence-electron chi connectivity index (χ1n) is 8.03. The summed E-state index contributed by atoms with van der Waals surface area (Å²) in [7, 11) is 0. The highest BCUT2D eigenvalue weighted by Crippen LogP contribution is 2.18. The van der Waals surface area contributed by atoms with E-state index in [1.54, 1.807) is 21.9 Å². The standard InChI is InChI=1S/C17H20FN3O3/c1-12(22)20-6-8-21(9-7-20)17(23)16-11-15(19-24-16)10-13-2-4-14(18)5-3-13/h2-5,16H,6-11H2,1H3/t16-/m1/s1. The third-order valence-corrected chi connectivity index (χ3v) is 4.36. The summed E-state index contributed by atoms with van der Waals surface area (Å²) in [5.74, 6) is -0.332. The van der Waals surface area contributed by atoms with Crippen LogP contribution >= 0.6 is 0 Å². The van der Waals surface area contributed by atoms with Gasteiger partial charge in [-0.15, -0.1) is 0 Å². The van der Waals surface area contributed by atoms with Gasteiger partial charge in [0, 0.05) is 45.9 Å². The smallest absolute Gasteiger partial charge is 0.267 e. The molecule has 0 aliphatic carbocycles. The van der Waals surface area contributed by atoms with E-state index >= 15 is 0 Å². The molecule has 0 radical (unpaired) electrons. The van der Waals surface area contributed by atoms with Gasteiger partial charge in [0.2, 0.25) is 12.0 Å². The maximum Gasteiger partial charge on any atom is 0.267 e. The number of halogens is 1. The first-order valence-corrected chi connectivity index (χ1v) is 8.03. The van der Waals surface area contributed by atoms with Gasteiger partial charge in [-0.05, 0) is 17.7 Å². The van der Waals surface area contributed by atoms with Crippen molar-refractivity contribution in [1.82, 2.24) is 9.80 Å². The van der Waals surface area contributed by atoms with Gasteiger partial charge in [0.05, 0.1) is 5.71 Å². The molecule has 0 saturated carbocycles. The van der Waals surface area contributed by atoms with Crippen molar-refractivity contribution in [3.05, 3.63) is 35.6 Å². The molecule has 7 heteroatoms. The first kappa shape index (κ1) is 16.4. The van der Waals surface area contributed by atoms with E-state index in [1.807, 2.05) is 0 Å². The number of benzene rings is 1. The SMILES string of the molecule is CC(=O)N1CCN(C(=O)[C@H]2CC(Cc3ccc(F)cc3)=NO2)CC1. The second-order valence-corrected chi connectivity index (χ2v) is 6.09. The second kappa shape index (κ2) is 6.98. The lowest BCUT2D eigenvalue weighted by Crippen LogP contribution is -2.52. The summed E-state index contributed by atoms with van der Waals surface area (Å²) in [4.78, 5) is 32.6. The molecule has 0 N–H and O–H groups in total. The van der Waals surface area contributed by atoms with Gasteiger partial charge >= 0.3 is 0 Å². The summed E-state index contributed by atoms with van der Waals surface area (Å²) in [6.07, 6.45) is 0.398. The summed E-state index contributed by atoms with van der Waals surface area (Å²) >= 11 is 0. The highest BCUT2D eigenvalue weighted by molar-refractivity contribution is 5.94. The van der Waals surface area contributed by atoms with Gasteiger partial charge in [-0.3, -0.25) is 9.59 Å². The average molecular weight is 333 g/mol. The number of hydrogen-bond donors (Lipinski definition) is 0. The van der Waals surface area contributed by atoms with Gasteiger partial charge in [-0.25, -0.2) is 4.39 Å². The molecule has 128 valence electrons. The number of amides is 2. The maximum absolute atomic E-state index is 12.9. The van der Waals surface area contributed by atoms with Gasteiger partial charge in [-0.2, -0.15) is 0 Å². The molecule has 1 saturated heterocycles. The molecule has 1 fully saturated rings. The fourth-order valence-electron chi connectivity index (χ4n) is 2.95. The number of carbonyl (C=O) groups excluding carboxylic acids is 2. The molecule has 1 atom stereocenters. The Labute approximate surface area is 139 Å². The minimum absolute atomic E-state index is 0.0316. The third kappa shape index (κ3) is 3.72. The van der Waals surface area contributed by atoms with Crippen LogP contribution in [0.2, 0.25) is 0 Å². The highest BCUT2D eigenvalue weighted by atomic mass is 19.1. The zero-order valence-electron chi connectivity index (χ0n) is 13.6. The zero-order chi connectivity index (χ0) is 17.1. The van der Waals surface area contributed by atoms with Crippen molar-refractivity contribution in [2.45, 2.75) is 25.9 Å². The van der Waals surface area contributed by atoms with Crippen LogP contribution in [0.15, 0.2) is 29.4 Å². The van der Waals surface area contributed by atoms with Crippen LogP contribution in [0.4, 0.5) is 4.39 Å². The molecule has 2 aliphatic heterocycles. The van der Waals surface area contributed by atoms with Gasteiger partial charge in [-0.1, -0.05) is 17.3 Å². The quantitative estimate of drug-likeness (QED) is 0.835. The Hall–Kier alpha value is -2.44. The summed E-state index contributed by atoms with van der Waals surface area (Å²) in [5.41, 5.74) is 1.71. The minimum atomic E-state index is -0.593. The van der Waals surface area contributed by atoms with Crippen molar-refractivity contribution in [2.75, 3.05) is 26.2 Å². The van der Waals surface area contributed by atoms with Crippen molar-refractivity contribution >= 4 is 17.5 Å². The van der Waals surface area contributed by atoms with Crippen LogP contribution < -0.4 is 0 Å². The van der Waals surface area contributed by atoms with Crippen LogP contribution in [0.5, 0.6) is 0 Å². The molecule has 1 aromatic carbocycles. The van der Waals surface area contributed by atoms with Crippen molar-refractivity contribution < 1.29 is 18.8 Å². The molecule has 0 unspecified atom stereocenters.